The van der Waals surface area contributed by atoms with Crippen molar-refractivity contribution in [3.05, 3.63) is 42.0 Å². The molecule has 0 saturated carbocycles. The van der Waals surface area contributed by atoms with E-state index in [1.54, 1.807) is 24.3 Å². The van der Waals surface area contributed by atoms with Crippen molar-refractivity contribution in [3.63, 3.8) is 0 Å². The summed E-state index contributed by atoms with van der Waals surface area (Å²) >= 11 is 0. The first kappa shape index (κ1) is 11.8. The summed E-state index contributed by atoms with van der Waals surface area (Å²) in [5.41, 5.74) is 0.676. The van der Waals surface area contributed by atoms with E-state index in [0.29, 0.717) is 23.2 Å². The molecule has 0 atom stereocenters. The summed E-state index contributed by atoms with van der Waals surface area (Å²) in [6.07, 6.45) is 0.691. The van der Waals surface area contributed by atoms with Crippen LogP contribution in [-0.4, -0.2) is 16.1 Å². The average molecular weight is 252 g/mol. The molecule has 88 valence electrons. The normalized spacial score (nSPS) is 11.4. The topological polar surface area (TPSA) is 87.7 Å². The number of aldehydes is 1. The summed E-state index contributed by atoms with van der Waals surface area (Å²) in [7, 11) is -4.37. The molecule has 1 aromatic heterocycles. The van der Waals surface area contributed by atoms with Crippen LogP contribution in [0.25, 0.3) is 11.3 Å². The second kappa shape index (κ2) is 4.30. The van der Waals surface area contributed by atoms with E-state index in [0.717, 1.165) is 0 Å². The SMILES string of the molecule is O=Cc1cccc(-c2ccc(P(=O)(O)O)o2)c1. The average Bonchev–Trinajstić information content (AvgIpc) is 2.78. The van der Waals surface area contributed by atoms with Gasteiger partial charge in [0.15, 0.2) is 0 Å². The molecule has 1 heterocycles. The number of carbonyl (C=O) groups excluding carboxylic acids is 1. The smallest absolute Gasteiger partial charge is 0.391 e. The largest absolute Gasteiger partial charge is 0.448 e. The summed E-state index contributed by atoms with van der Waals surface area (Å²) in [6, 6.07) is 9.24. The molecule has 0 aliphatic rings. The first-order valence-electron chi connectivity index (χ1n) is 4.72. The number of hydrogen-bond acceptors (Lipinski definition) is 3. The Balaban J connectivity index is 2.43. The Kier molecular flexibility index (Phi) is 2.98. The van der Waals surface area contributed by atoms with Gasteiger partial charge in [0.1, 0.15) is 12.0 Å². The molecule has 0 aliphatic carbocycles. The van der Waals surface area contributed by atoms with Crippen LogP contribution in [0, 0.1) is 0 Å². The molecule has 0 bridgehead atoms. The maximum atomic E-state index is 10.9. The fourth-order valence-corrected chi connectivity index (χ4v) is 1.89. The minimum Gasteiger partial charge on any atom is -0.448 e. The van der Waals surface area contributed by atoms with Crippen LogP contribution >= 0.6 is 7.60 Å². The van der Waals surface area contributed by atoms with Crippen molar-refractivity contribution in [1.82, 2.24) is 0 Å². The van der Waals surface area contributed by atoms with Crippen LogP contribution in [0.3, 0.4) is 0 Å². The molecule has 1 aromatic carbocycles. The molecule has 2 N–H and O–H groups in total. The van der Waals surface area contributed by atoms with Gasteiger partial charge in [-0.25, -0.2) is 0 Å². The van der Waals surface area contributed by atoms with Gasteiger partial charge in [-0.2, -0.15) is 0 Å². The van der Waals surface area contributed by atoms with Crippen LogP contribution in [0.1, 0.15) is 10.4 Å². The molecule has 6 heteroatoms. The standard InChI is InChI=1S/C11H9O5P/c12-7-8-2-1-3-9(6-8)10-4-5-11(16-10)17(13,14)15/h1-7H,(H2,13,14,15). The zero-order chi connectivity index (χ0) is 12.5. The number of hydrogen-bond donors (Lipinski definition) is 2. The third kappa shape index (κ3) is 2.53. The molecule has 0 fully saturated rings. The van der Waals surface area contributed by atoms with E-state index in [2.05, 4.69) is 0 Å². The zero-order valence-electron chi connectivity index (χ0n) is 8.61. The zero-order valence-corrected chi connectivity index (χ0v) is 9.50. The molecule has 0 amide bonds. The van der Waals surface area contributed by atoms with Gasteiger partial charge in [-0.1, -0.05) is 18.2 Å². The molecule has 0 radical (unpaired) electrons. The van der Waals surface area contributed by atoms with Crippen molar-refractivity contribution in [2.45, 2.75) is 0 Å². The number of carbonyl (C=O) groups is 1. The van der Waals surface area contributed by atoms with Gasteiger partial charge in [0.25, 0.3) is 0 Å². The maximum absolute atomic E-state index is 10.9. The number of benzene rings is 1. The fourth-order valence-electron chi connectivity index (χ4n) is 1.40. The third-order valence-corrected chi connectivity index (χ3v) is 3.00. The predicted octanol–water partition coefficient (Wildman–Crippen LogP) is 1.56. The van der Waals surface area contributed by atoms with Crippen molar-refractivity contribution in [2.24, 2.45) is 0 Å². The minimum absolute atomic E-state index is 0.312. The molecule has 0 aliphatic heterocycles. The van der Waals surface area contributed by atoms with E-state index in [9.17, 15) is 9.36 Å². The molecule has 17 heavy (non-hydrogen) atoms. The van der Waals surface area contributed by atoms with E-state index in [1.807, 2.05) is 0 Å². The van der Waals surface area contributed by atoms with Crippen molar-refractivity contribution >= 4 is 19.4 Å². The maximum Gasteiger partial charge on any atom is 0.391 e. The molecule has 0 spiro atoms. The van der Waals surface area contributed by atoms with Gasteiger partial charge in [0.05, 0.1) is 0 Å². The lowest BCUT2D eigenvalue weighted by atomic mass is 10.1. The monoisotopic (exact) mass is 252 g/mol. The number of furan rings is 1. The van der Waals surface area contributed by atoms with Gasteiger partial charge in [0, 0.05) is 11.1 Å². The molecular formula is C11H9O5P. The quantitative estimate of drug-likeness (QED) is 0.639. The first-order valence-corrected chi connectivity index (χ1v) is 6.33. The van der Waals surface area contributed by atoms with Crippen LogP contribution in [0.15, 0.2) is 40.8 Å². The van der Waals surface area contributed by atoms with Crippen LogP contribution < -0.4 is 5.50 Å². The van der Waals surface area contributed by atoms with E-state index in [4.69, 9.17) is 14.2 Å². The Hall–Kier alpha value is -1.68. The predicted molar refractivity (Wildman–Crippen MR) is 61.2 cm³/mol. The Morgan fingerprint density at radius 3 is 2.53 bits per heavy atom. The Morgan fingerprint density at radius 2 is 1.94 bits per heavy atom. The highest BCUT2D eigenvalue weighted by atomic mass is 31.2. The summed E-state index contributed by atoms with van der Waals surface area (Å²) in [4.78, 5) is 28.4. The Bertz CT molecular complexity index is 595. The third-order valence-electron chi connectivity index (χ3n) is 2.19. The second-order valence-electron chi connectivity index (χ2n) is 3.43. The van der Waals surface area contributed by atoms with Gasteiger partial charge in [-0.15, -0.1) is 0 Å². The van der Waals surface area contributed by atoms with E-state index in [-0.39, 0.29) is 5.50 Å². The van der Waals surface area contributed by atoms with E-state index < -0.39 is 7.60 Å². The molecule has 0 unspecified atom stereocenters. The van der Waals surface area contributed by atoms with Gasteiger partial charge in [-0.3, -0.25) is 9.36 Å². The summed E-state index contributed by atoms with van der Waals surface area (Å²) in [6.45, 7) is 0. The minimum atomic E-state index is -4.37. The van der Waals surface area contributed by atoms with Crippen LogP contribution in [0.5, 0.6) is 0 Å². The van der Waals surface area contributed by atoms with Gasteiger partial charge in [-0.05, 0) is 18.2 Å². The van der Waals surface area contributed by atoms with Crippen LogP contribution in [-0.2, 0) is 4.57 Å². The summed E-state index contributed by atoms with van der Waals surface area (Å²) < 4.78 is 16.0. The van der Waals surface area contributed by atoms with Crippen molar-refractivity contribution in [1.29, 1.82) is 0 Å². The van der Waals surface area contributed by atoms with E-state index in [1.165, 1.54) is 12.1 Å². The molecule has 0 saturated heterocycles. The lowest BCUT2D eigenvalue weighted by Gasteiger charge is -1.99. The Labute approximate surface area is 96.9 Å². The van der Waals surface area contributed by atoms with Crippen LogP contribution in [0.4, 0.5) is 0 Å². The van der Waals surface area contributed by atoms with Gasteiger partial charge in [0.2, 0.25) is 5.50 Å². The molecule has 2 rings (SSSR count). The first-order chi connectivity index (χ1) is 8.00. The van der Waals surface area contributed by atoms with Crippen molar-refractivity contribution in [3.8, 4) is 11.3 Å². The second-order valence-corrected chi connectivity index (χ2v) is 4.95. The fraction of sp³-hybridized carbons (Fsp3) is 0. The summed E-state index contributed by atoms with van der Waals surface area (Å²) in [5.74, 6) is 0.312. The number of rotatable bonds is 3. The highest BCUT2D eigenvalue weighted by molar-refractivity contribution is 7.59. The lowest BCUT2D eigenvalue weighted by Crippen LogP contribution is -1.98. The summed E-state index contributed by atoms with van der Waals surface area (Å²) in [5, 5.41) is 0. The molecule has 5 nitrogen and oxygen atoms in total. The highest BCUT2D eigenvalue weighted by Crippen LogP contribution is 2.35. The lowest BCUT2D eigenvalue weighted by molar-refractivity contribution is 0.112. The molecule has 2 aromatic rings. The van der Waals surface area contributed by atoms with Crippen molar-refractivity contribution in [2.75, 3.05) is 0 Å². The van der Waals surface area contributed by atoms with Crippen LogP contribution in [0.2, 0.25) is 0 Å². The molecular weight excluding hydrogens is 243 g/mol. The highest BCUT2D eigenvalue weighted by Gasteiger charge is 2.22. The van der Waals surface area contributed by atoms with Crippen molar-refractivity contribution < 1.29 is 23.6 Å². The van der Waals surface area contributed by atoms with Gasteiger partial charge >= 0.3 is 7.60 Å². The van der Waals surface area contributed by atoms with E-state index >= 15 is 0 Å². The van der Waals surface area contributed by atoms with Gasteiger partial charge < -0.3 is 14.2 Å². The Morgan fingerprint density at radius 1 is 1.18 bits per heavy atom.